The van der Waals surface area contributed by atoms with Gasteiger partial charge in [0.1, 0.15) is 0 Å². The Bertz CT molecular complexity index is 371. The van der Waals surface area contributed by atoms with Gasteiger partial charge < -0.3 is 10.5 Å². The van der Waals surface area contributed by atoms with E-state index in [2.05, 4.69) is 5.18 Å². The zero-order valence-corrected chi connectivity index (χ0v) is 8.56. The van der Waals surface area contributed by atoms with E-state index >= 15 is 0 Å². The average Bonchev–Trinajstić information content (AvgIpc) is 2.18. The van der Waals surface area contributed by atoms with E-state index in [0.29, 0.717) is 11.3 Å². The van der Waals surface area contributed by atoms with Gasteiger partial charge in [0.05, 0.1) is 5.56 Å². The van der Waals surface area contributed by atoms with E-state index in [4.69, 9.17) is 10.5 Å². The van der Waals surface area contributed by atoms with E-state index in [9.17, 15) is 9.70 Å². The predicted molar refractivity (Wildman–Crippen MR) is 56.1 cm³/mol. The molecular weight excluding hydrogens is 196 g/mol. The first kappa shape index (κ1) is 11.2. The summed E-state index contributed by atoms with van der Waals surface area (Å²) in [4.78, 5) is 21.8. The first-order valence-electron chi connectivity index (χ1n) is 4.38. The van der Waals surface area contributed by atoms with E-state index < -0.39 is 11.7 Å². The van der Waals surface area contributed by atoms with Crippen LogP contribution in [0, 0.1) is 4.91 Å². The highest BCUT2D eigenvalue weighted by molar-refractivity contribution is 5.90. The molecule has 0 fully saturated rings. The molecule has 0 aliphatic heterocycles. The molecule has 0 bridgehead atoms. The summed E-state index contributed by atoms with van der Waals surface area (Å²) in [5, 5.41) is 2.69. The van der Waals surface area contributed by atoms with Gasteiger partial charge in [-0.3, -0.25) is 0 Å². The van der Waals surface area contributed by atoms with Crippen molar-refractivity contribution in [2.45, 2.75) is 19.6 Å². The van der Waals surface area contributed by atoms with Crippen LogP contribution in [0.2, 0.25) is 0 Å². The van der Waals surface area contributed by atoms with E-state index in [1.54, 1.807) is 12.1 Å². The Hall–Kier alpha value is -1.91. The fourth-order valence-corrected chi connectivity index (χ4v) is 0.924. The molecule has 0 saturated heterocycles. The molecule has 0 aromatic heterocycles. The molecule has 1 aromatic rings. The lowest BCUT2D eigenvalue weighted by molar-refractivity contribution is 0.00228. The van der Waals surface area contributed by atoms with Gasteiger partial charge in [-0.2, -0.15) is 0 Å². The van der Waals surface area contributed by atoms with Crippen LogP contribution in [0.5, 0.6) is 0 Å². The number of carbonyl (C=O) groups excluding carboxylic acids is 1. The molecule has 0 radical (unpaired) electrons. The van der Waals surface area contributed by atoms with Crippen molar-refractivity contribution in [1.82, 2.24) is 0 Å². The largest absolute Gasteiger partial charge is 0.431 e. The van der Waals surface area contributed by atoms with E-state index in [0.717, 1.165) is 0 Å². The Morgan fingerprint density at radius 1 is 1.33 bits per heavy atom. The van der Waals surface area contributed by atoms with E-state index in [1.165, 1.54) is 26.0 Å². The van der Waals surface area contributed by atoms with Crippen molar-refractivity contribution in [2.24, 2.45) is 5.18 Å². The number of benzene rings is 1. The predicted octanol–water partition coefficient (Wildman–Crippen LogP) is 1.93. The minimum Gasteiger partial charge on any atom is -0.431 e. The van der Waals surface area contributed by atoms with Gasteiger partial charge >= 0.3 is 5.97 Å². The summed E-state index contributed by atoms with van der Waals surface area (Å²) in [6.07, 6.45) is 0. The molecule has 1 aromatic carbocycles. The Morgan fingerprint density at radius 3 is 2.33 bits per heavy atom. The molecule has 0 unspecified atom stereocenters. The van der Waals surface area contributed by atoms with Crippen molar-refractivity contribution in [3.8, 4) is 0 Å². The number of anilines is 1. The second kappa shape index (κ2) is 4.08. The molecular formula is C10H12N2O3. The Morgan fingerprint density at radius 2 is 1.87 bits per heavy atom. The summed E-state index contributed by atoms with van der Waals surface area (Å²) >= 11 is 0. The van der Waals surface area contributed by atoms with Gasteiger partial charge in [-0.25, -0.2) is 4.79 Å². The van der Waals surface area contributed by atoms with Gasteiger partial charge in [0, 0.05) is 5.69 Å². The van der Waals surface area contributed by atoms with Crippen molar-refractivity contribution in [2.75, 3.05) is 5.73 Å². The van der Waals surface area contributed by atoms with Crippen LogP contribution in [-0.4, -0.2) is 11.7 Å². The van der Waals surface area contributed by atoms with Crippen LogP contribution < -0.4 is 5.73 Å². The van der Waals surface area contributed by atoms with Gasteiger partial charge in [-0.15, -0.1) is 4.91 Å². The maximum Gasteiger partial charge on any atom is 0.340 e. The lowest BCUT2D eigenvalue weighted by Gasteiger charge is -2.16. The Labute approximate surface area is 87.2 Å². The third kappa shape index (κ3) is 3.05. The molecule has 0 heterocycles. The highest BCUT2D eigenvalue weighted by atomic mass is 16.6. The molecule has 1 rings (SSSR count). The molecule has 5 nitrogen and oxygen atoms in total. The van der Waals surface area contributed by atoms with E-state index in [-0.39, 0.29) is 0 Å². The first-order valence-corrected chi connectivity index (χ1v) is 4.38. The number of carbonyl (C=O) groups is 1. The normalized spacial score (nSPS) is 10.8. The van der Waals surface area contributed by atoms with Gasteiger partial charge in [0.25, 0.3) is 0 Å². The molecule has 2 N–H and O–H groups in total. The Balaban J connectivity index is 2.78. The van der Waals surface area contributed by atoms with Crippen molar-refractivity contribution in [3.05, 3.63) is 34.7 Å². The molecule has 0 aliphatic carbocycles. The molecule has 0 spiro atoms. The van der Waals surface area contributed by atoms with Crippen molar-refractivity contribution in [1.29, 1.82) is 0 Å². The smallest absolute Gasteiger partial charge is 0.340 e. The summed E-state index contributed by atoms with van der Waals surface area (Å²) < 4.78 is 4.85. The number of nitrogens with zero attached hydrogens (tertiary/aromatic N) is 1. The quantitative estimate of drug-likeness (QED) is 0.467. The SMILES string of the molecule is CC(C)(N=O)OC(=O)c1ccc(N)cc1. The molecule has 0 atom stereocenters. The summed E-state index contributed by atoms with van der Waals surface area (Å²) in [6, 6.07) is 6.22. The van der Waals surface area contributed by atoms with E-state index in [1.807, 2.05) is 0 Å². The van der Waals surface area contributed by atoms with Gasteiger partial charge in [0.2, 0.25) is 5.72 Å². The number of nitroso groups, excluding NO2 is 1. The minimum absolute atomic E-state index is 0.334. The zero-order chi connectivity index (χ0) is 11.5. The molecule has 5 heteroatoms. The summed E-state index contributed by atoms with van der Waals surface area (Å²) in [6.45, 7) is 2.82. The third-order valence-corrected chi connectivity index (χ3v) is 1.71. The van der Waals surface area contributed by atoms with Crippen LogP contribution >= 0.6 is 0 Å². The maximum atomic E-state index is 11.5. The lowest BCUT2D eigenvalue weighted by Crippen LogP contribution is -2.25. The van der Waals surface area contributed by atoms with Crippen LogP contribution in [0.25, 0.3) is 0 Å². The molecule has 0 amide bonds. The topological polar surface area (TPSA) is 81.8 Å². The third-order valence-electron chi connectivity index (χ3n) is 1.71. The first-order chi connectivity index (χ1) is 6.94. The second-order valence-corrected chi connectivity index (χ2v) is 3.55. The van der Waals surface area contributed by atoms with Crippen LogP contribution in [0.15, 0.2) is 29.4 Å². The van der Waals surface area contributed by atoms with Gasteiger partial charge in [-0.05, 0) is 43.3 Å². The molecule has 15 heavy (non-hydrogen) atoms. The monoisotopic (exact) mass is 208 g/mol. The number of esters is 1. The van der Waals surface area contributed by atoms with Crippen molar-refractivity contribution < 1.29 is 9.53 Å². The number of ether oxygens (including phenoxy) is 1. The van der Waals surface area contributed by atoms with Gasteiger partial charge in [0.15, 0.2) is 0 Å². The Kier molecular flexibility index (Phi) is 3.04. The van der Waals surface area contributed by atoms with Gasteiger partial charge in [-0.1, -0.05) is 0 Å². The van der Waals surface area contributed by atoms with Crippen LogP contribution in [0.4, 0.5) is 5.69 Å². The van der Waals surface area contributed by atoms with Crippen LogP contribution in [0.3, 0.4) is 0 Å². The number of nitrogen functional groups attached to an aromatic ring is 1. The van der Waals surface area contributed by atoms with Crippen LogP contribution in [-0.2, 0) is 4.74 Å². The fourth-order valence-electron chi connectivity index (χ4n) is 0.924. The zero-order valence-electron chi connectivity index (χ0n) is 8.56. The highest BCUT2D eigenvalue weighted by Crippen LogP contribution is 2.14. The van der Waals surface area contributed by atoms with Crippen molar-refractivity contribution >= 4 is 11.7 Å². The summed E-state index contributed by atoms with van der Waals surface area (Å²) in [5.74, 6) is -0.598. The second-order valence-electron chi connectivity index (χ2n) is 3.55. The number of hydrogen-bond acceptors (Lipinski definition) is 5. The standard InChI is InChI=1S/C10H12N2O3/c1-10(2,12-14)15-9(13)7-3-5-8(11)6-4-7/h3-6H,11H2,1-2H3. The number of nitrogens with two attached hydrogens (primary N) is 1. The summed E-state index contributed by atoms with van der Waals surface area (Å²) in [5.41, 5.74) is 5.00. The fraction of sp³-hybridized carbons (Fsp3) is 0.300. The summed E-state index contributed by atoms with van der Waals surface area (Å²) in [7, 11) is 0. The molecule has 0 saturated carbocycles. The average molecular weight is 208 g/mol. The minimum atomic E-state index is -1.35. The van der Waals surface area contributed by atoms with Crippen LogP contribution in [0.1, 0.15) is 24.2 Å². The highest BCUT2D eigenvalue weighted by Gasteiger charge is 2.24. The molecule has 0 aliphatic rings. The number of rotatable bonds is 3. The maximum absolute atomic E-state index is 11.5. The lowest BCUT2D eigenvalue weighted by atomic mass is 10.2. The van der Waals surface area contributed by atoms with Crippen molar-refractivity contribution in [3.63, 3.8) is 0 Å². The number of hydrogen-bond donors (Lipinski definition) is 1. The molecule has 80 valence electrons.